The average Bonchev–Trinajstić information content (AvgIpc) is 3.26. The van der Waals surface area contributed by atoms with Crippen LogP contribution < -0.4 is 10.9 Å². The predicted octanol–water partition coefficient (Wildman–Crippen LogP) is 5.91. The summed E-state index contributed by atoms with van der Waals surface area (Å²) in [4.78, 5) is 31.7. The van der Waals surface area contributed by atoms with Gasteiger partial charge in [-0.25, -0.2) is 4.98 Å². The second kappa shape index (κ2) is 10.2. The topological polar surface area (TPSA) is 64.0 Å². The average molecular weight is 476 g/mol. The molecule has 7 heteroatoms. The second-order valence-corrected chi connectivity index (χ2v) is 9.58. The minimum absolute atomic E-state index is 0.109. The van der Waals surface area contributed by atoms with E-state index < -0.39 is 0 Å². The lowest BCUT2D eigenvalue weighted by atomic mass is 10.1. The Bertz CT molecular complexity index is 1370. The highest BCUT2D eigenvalue weighted by molar-refractivity contribution is 7.99. The van der Waals surface area contributed by atoms with Crippen molar-refractivity contribution in [3.05, 3.63) is 88.7 Å². The number of rotatable bonds is 8. The Morgan fingerprint density at radius 2 is 2.00 bits per heavy atom. The molecule has 0 spiro atoms. The van der Waals surface area contributed by atoms with E-state index in [0.29, 0.717) is 21.9 Å². The van der Waals surface area contributed by atoms with Gasteiger partial charge in [-0.1, -0.05) is 73.3 Å². The van der Waals surface area contributed by atoms with Gasteiger partial charge >= 0.3 is 0 Å². The lowest BCUT2D eigenvalue weighted by Gasteiger charge is -2.13. The van der Waals surface area contributed by atoms with Crippen molar-refractivity contribution >= 4 is 44.9 Å². The summed E-state index contributed by atoms with van der Waals surface area (Å²) in [5.74, 6) is 0.0289. The maximum Gasteiger partial charge on any atom is 0.272 e. The summed E-state index contributed by atoms with van der Waals surface area (Å²) in [5, 5.41) is 3.55. The van der Waals surface area contributed by atoms with E-state index in [1.807, 2.05) is 61.5 Å². The van der Waals surface area contributed by atoms with Gasteiger partial charge in [-0.3, -0.25) is 14.2 Å². The number of thioether (sulfide) groups is 1. The van der Waals surface area contributed by atoms with E-state index in [0.717, 1.165) is 33.7 Å². The van der Waals surface area contributed by atoms with Crippen LogP contribution in [-0.4, -0.2) is 21.2 Å². The molecule has 2 heterocycles. The first-order valence-corrected chi connectivity index (χ1v) is 12.5. The third-order valence-electron chi connectivity index (χ3n) is 5.31. The van der Waals surface area contributed by atoms with Gasteiger partial charge in [-0.2, -0.15) is 0 Å². The van der Waals surface area contributed by atoms with Crippen molar-refractivity contribution in [1.82, 2.24) is 9.55 Å². The summed E-state index contributed by atoms with van der Waals surface area (Å²) in [6.07, 6.45) is 2.51. The second-order valence-electron chi connectivity index (χ2n) is 7.59. The normalized spacial score (nSPS) is 11.0. The number of amides is 1. The SMILES string of the molecule is C=CCn1c(SCC(=O)Nc2c(C)cccc2CC)nc2cc(-c3ccccc3)sc2c1=O. The molecule has 0 radical (unpaired) electrons. The minimum Gasteiger partial charge on any atom is -0.325 e. The van der Waals surface area contributed by atoms with Crippen molar-refractivity contribution in [3.8, 4) is 10.4 Å². The number of nitrogens with zero attached hydrogens (tertiary/aromatic N) is 2. The monoisotopic (exact) mass is 475 g/mol. The predicted molar refractivity (Wildman–Crippen MR) is 139 cm³/mol. The molecule has 0 aliphatic rings. The molecule has 4 aromatic rings. The number of aromatic nitrogens is 2. The molecule has 0 bridgehead atoms. The molecule has 4 rings (SSSR count). The summed E-state index contributed by atoms with van der Waals surface area (Å²) in [6.45, 7) is 8.17. The van der Waals surface area contributed by atoms with Crippen LogP contribution in [0.5, 0.6) is 0 Å². The van der Waals surface area contributed by atoms with E-state index in [4.69, 9.17) is 4.98 Å². The number of para-hydroxylation sites is 1. The van der Waals surface area contributed by atoms with Crippen LogP contribution in [0, 0.1) is 6.92 Å². The van der Waals surface area contributed by atoms with Crippen LogP contribution in [0.2, 0.25) is 0 Å². The van der Waals surface area contributed by atoms with Crippen LogP contribution in [0.25, 0.3) is 20.7 Å². The van der Waals surface area contributed by atoms with Gasteiger partial charge in [0.1, 0.15) is 4.70 Å². The first-order valence-electron chi connectivity index (χ1n) is 10.7. The molecule has 168 valence electrons. The first kappa shape index (κ1) is 23.0. The Labute approximate surface area is 201 Å². The van der Waals surface area contributed by atoms with Crippen molar-refractivity contribution in [1.29, 1.82) is 0 Å². The molecular formula is C26H25N3O2S2. The molecule has 0 saturated carbocycles. The standard InChI is InChI=1S/C26H25N3O2S2/c1-4-14-29-25(31)24-20(15-21(33-24)19-11-7-6-8-12-19)27-26(29)32-16-22(30)28-23-17(3)10-9-13-18(23)5-2/h4,6-13,15H,1,5,14,16H2,2-3H3,(H,28,30). The number of aryl methyl sites for hydroxylation is 2. The van der Waals surface area contributed by atoms with Crippen molar-refractivity contribution in [2.45, 2.75) is 32.0 Å². The van der Waals surface area contributed by atoms with E-state index >= 15 is 0 Å². The van der Waals surface area contributed by atoms with Gasteiger partial charge in [0.2, 0.25) is 5.91 Å². The highest BCUT2D eigenvalue weighted by atomic mass is 32.2. The molecule has 0 fully saturated rings. The number of hydrogen-bond donors (Lipinski definition) is 1. The zero-order chi connectivity index (χ0) is 23.4. The maximum atomic E-state index is 13.2. The molecule has 1 N–H and O–H groups in total. The number of hydrogen-bond acceptors (Lipinski definition) is 5. The Morgan fingerprint density at radius 3 is 2.73 bits per heavy atom. The van der Waals surface area contributed by atoms with E-state index in [-0.39, 0.29) is 17.2 Å². The Hall–Kier alpha value is -3.16. The quantitative estimate of drug-likeness (QED) is 0.195. The molecule has 33 heavy (non-hydrogen) atoms. The summed E-state index contributed by atoms with van der Waals surface area (Å²) >= 11 is 2.70. The molecule has 2 aromatic heterocycles. The van der Waals surface area contributed by atoms with Gasteiger partial charge in [0, 0.05) is 17.1 Å². The molecule has 5 nitrogen and oxygen atoms in total. The van der Waals surface area contributed by atoms with E-state index in [1.165, 1.54) is 23.1 Å². The Morgan fingerprint density at radius 1 is 1.21 bits per heavy atom. The van der Waals surface area contributed by atoms with Crippen LogP contribution in [0.15, 0.2) is 77.2 Å². The lowest BCUT2D eigenvalue weighted by molar-refractivity contribution is -0.113. The lowest BCUT2D eigenvalue weighted by Crippen LogP contribution is -2.23. The van der Waals surface area contributed by atoms with Crippen molar-refractivity contribution < 1.29 is 4.79 Å². The number of thiophene rings is 1. The highest BCUT2D eigenvalue weighted by Gasteiger charge is 2.16. The van der Waals surface area contributed by atoms with Gasteiger partial charge < -0.3 is 5.32 Å². The fourth-order valence-electron chi connectivity index (χ4n) is 3.64. The number of nitrogens with one attached hydrogen (secondary N) is 1. The van der Waals surface area contributed by atoms with E-state index in [1.54, 1.807) is 10.6 Å². The molecule has 0 atom stereocenters. The van der Waals surface area contributed by atoms with Gasteiger partial charge in [-0.05, 0) is 36.1 Å². The molecule has 0 aliphatic heterocycles. The summed E-state index contributed by atoms with van der Waals surface area (Å²) in [5.41, 5.74) is 4.59. The minimum atomic E-state index is -0.126. The van der Waals surface area contributed by atoms with Gasteiger partial charge in [0.25, 0.3) is 5.56 Å². The number of benzene rings is 2. The smallest absolute Gasteiger partial charge is 0.272 e. The van der Waals surface area contributed by atoms with Crippen molar-refractivity contribution in [2.75, 3.05) is 11.1 Å². The van der Waals surface area contributed by atoms with Crippen LogP contribution in [-0.2, 0) is 17.8 Å². The number of carbonyl (C=O) groups excluding carboxylic acids is 1. The van der Waals surface area contributed by atoms with Gasteiger partial charge in [0.15, 0.2) is 5.16 Å². The summed E-state index contributed by atoms with van der Waals surface area (Å²) in [7, 11) is 0. The summed E-state index contributed by atoms with van der Waals surface area (Å²) < 4.78 is 2.20. The Kier molecular flexibility index (Phi) is 7.11. The van der Waals surface area contributed by atoms with Crippen LogP contribution in [0.3, 0.4) is 0 Å². The molecule has 1 amide bonds. The maximum absolute atomic E-state index is 13.2. The number of anilines is 1. The molecule has 0 saturated heterocycles. The summed E-state index contributed by atoms with van der Waals surface area (Å²) in [6, 6.07) is 17.9. The van der Waals surface area contributed by atoms with Crippen molar-refractivity contribution in [3.63, 3.8) is 0 Å². The highest BCUT2D eigenvalue weighted by Crippen LogP contribution is 2.32. The molecule has 2 aromatic carbocycles. The van der Waals surface area contributed by atoms with Crippen LogP contribution >= 0.6 is 23.1 Å². The fraction of sp³-hybridized carbons (Fsp3) is 0.192. The molecule has 0 unspecified atom stereocenters. The van der Waals surface area contributed by atoms with Crippen LogP contribution in [0.4, 0.5) is 5.69 Å². The van der Waals surface area contributed by atoms with Crippen LogP contribution in [0.1, 0.15) is 18.1 Å². The number of fused-ring (bicyclic) bond motifs is 1. The first-order chi connectivity index (χ1) is 16.0. The van der Waals surface area contributed by atoms with E-state index in [2.05, 4.69) is 18.8 Å². The molecular weight excluding hydrogens is 450 g/mol. The third-order valence-corrected chi connectivity index (χ3v) is 7.44. The van der Waals surface area contributed by atoms with E-state index in [9.17, 15) is 9.59 Å². The Balaban J connectivity index is 1.61. The zero-order valence-electron chi connectivity index (χ0n) is 18.6. The fourth-order valence-corrected chi connectivity index (χ4v) is 5.50. The van der Waals surface area contributed by atoms with Gasteiger partial charge in [-0.15, -0.1) is 17.9 Å². The zero-order valence-corrected chi connectivity index (χ0v) is 20.3. The van der Waals surface area contributed by atoms with Crippen molar-refractivity contribution in [2.24, 2.45) is 0 Å². The molecule has 0 aliphatic carbocycles. The van der Waals surface area contributed by atoms with Gasteiger partial charge in [0.05, 0.1) is 11.3 Å². The third kappa shape index (κ3) is 4.94. The number of carbonyl (C=O) groups is 1. The number of allylic oxidation sites excluding steroid dienone is 1. The largest absolute Gasteiger partial charge is 0.325 e.